The molecule has 0 spiro atoms. The molecule has 1 aliphatic rings. The maximum Gasteiger partial charge on any atom is 0.224 e. The van der Waals surface area contributed by atoms with Crippen LogP contribution in [0.2, 0.25) is 0 Å². The summed E-state index contributed by atoms with van der Waals surface area (Å²) in [5, 5.41) is 4.12. The standard InChI is InChI=1S/C22H26N4OS2/c1-25-11-13-26(14-12-25)22-24-19-10-9-17(16-20(19)29-22)23-21(27)8-5-15-28-18-6-3-2-4-7-18/h2-4,6-7,9-10,16H,5,8,11-15H2,1H3,(H,23,27). The van der Waals surface area contributed by atoms with Crippen molar-refractivity contribution in [3.63, 3.8) is 0 Å². The largest absolute Gasteiger partial charge is 0.345 e. The maximum absolute atomic E-state index is 12.3. The number of thiazole rings is 1. The van der Waals surface area contributed by atoms with Crippen LogP contribution in [-0.4, -0.2) is 54.8 Å². The van der Waals surface area contributed by atoms with Crippen LogP contribution in [-0.2, 0) is 4.79 Å². The van der Waals surface area contributed by atoms with Crippen LogP contribution in [0.5, 0.6) is 0 Å². The maximum atomic E-state index is 12.3. The highest BCUT2D eigenvalue weighted by Crippen LogP contribution is 2.31. The van der Waals surface area contributed by atoms with Crippen LogP contribution >= 0.6 is 23.1 Å². The number of anilines is 2. The van der Waals surface area contributed by atoms with Gasteiger partial charge in [0.1, 0.15) is 0 Å². The molecule has 2 heterocycles. The van der Waals surface area contributed by atoms with Gasteiger partial charge < -0.3 is 15.1 Å². The van der Waals surface area contributed by atoms with Gasteiger partial charge in [-0.2, -0.15) is 0 Å². The van der Waals surface area contributed by atoms with E-state index in [0.29, 0.717) is 6.42 Å². The van der Waals surface area contributed by atoms with Crippen molar-refractivity contribution in [2.75, 3.05) is 49.2 Å². The molecule has 5 nitrogen and oxygen atoms in total. The molecule has 29 heavy (non-hydrogen) atoms. The molecule has 0 saturated carbocycles. The van der Waals surface area contributed by atoms with Gasteiger partial charge in [0.25, 0.3) is 0 Å². The van der Waals surface area contributed by atoms with Crippen molar-refractivity contribution in [1.82, 2.24) is 9.88 Å². The Kier molecular flexibility index (Phi) is 6.69. The molecular weight excluding hydrogens is 400 g/mol. The number of hydrogen-bond donors (Lipinski definition) is 1. The fourth-order valence-electron chi connectivity index (χ4n) is 3.29. The molecule has 1 N–H and O–H groups in total. The third-order valence-electron chi connectivity index (χ3n) is 4.99. The van der Waals surface area contributed by atoms with Crippen LogP contribution < -0.4 is 10.2 Å². The Hall–Kier alpha value is -2.09. The lowest BCUT2D eigenvalue weighted by atomic mass is 10.2. The Bertz CT molecular complexity index is 952. The number of benzene rings is 2. The van der Waals surface area contributed by atoms with Gasteiger partial charge in [-0.05, 0) is 49.6 Å². The average molecular weight is 427 g/mol. The Morgan fingerprint density at radius 3 is 2.72 bits per heavy atom. The molecular formula is C22H26N4OS2. The van der Waals surface area contributed by atoms with E-state index in [0.717, 1.165) is 59.4 Å². The summed E-state index contributed by atoms with van der Waals surface area (Å²) < 4.78 is 1.12. The second-order valence-corrected chi connectivity index (χ2v) is 9.46. The van der Waals surface area contributed by atoms with Crippen molar-refractivity contribution >= 4 is 50.0 Å². The van der Waals surface area contributed by atoms with E-state index in [-0.39, 0.29) is 5.91 Å². The van der Waals surface area contributed by atoms with Crippen molar-refractivity contribution < 1.29 is 4.79 Å². The molecule has 1 aliphatic heterocycles. The second-order valence-electron chi connectivity index (χ2n) is 7.28. The van der Waals surface area contributed by atoms with Gasteiger partial charge in [-0.1, -0.05) is 29.5 Å². The Labute approximate surface area is 180 Å². The quantitative estimate of drug-likeness (QED) is 0.443. The number of rotatable bonds is 7. The summed E-state index contributed by atoms with van der Waals surface area (Å²) in [5.41, 5.74) is 1.85. The van der Waals surface area contributed by atoms with E-state index in [4.69, 9.17) is 4.98 Å². The lowest BCUT2D eigenvalue weighted by molar-refractivity contribution is -0.116. The molecule has 0 radical (unpaired) electrons. The van der Waals surface area contributed by atoms with E-state index in [1.54, 1.807) is 23.1 Å². The van der Waals surface area contributed by atoms with E-state index < -0.39 is 0 Å². The van der Waals surface area contributed by atoms with Crippen molar-refractivity contribution in [3.05, 3.63) is 48.5 Å². The van der Waals surface area contributed by atoms with Gasteiger partial charge in [0.05, 0.1) is 10.2 Å². The minimum Gasteiger partial charge on any atom is -0.345 e. The van der Waals surface area contributed by atoms with Crippen LogP contribution in [0.1, 0.15) is 12.8 Å². The van der Waals surface area contributed by atoms with Crippen LogP contribution in [0, 0.1) is 0 Å². The first kappa shape index (κ1) is 20.2. The molecule has 7 heteroatoms. The highest BCUT2D eigenvalue weighted by molar-refractivity contribution is 7.99. The van der Waals surface area contributed by atoms with Gasteiger partial charge in [-0.3, -0.25) is 4.79 Å². The van der Waals surface area contributed by atoms with Gasteiger partial charge >= 0.3 is 0 Å². The lowest BCUT2D eigenvalue weighted by Gasteiger charge is -2.31. The van der Waals surface area contributed by atoms with E-state index in [2.05, 4.69) is 34.3 Å². The third kappa shape index (κ3) is 5.50. The smallest absolute Gasteiger partial charge is 0.224 e. The molecule has 0 aliphatic carbocycles. The average Bonchev–Trinajstić information content (AvgIpc) is 3.16. The molecule has 4 rings (SSSR count). The number of carbonyl (C=O) groups is 1. The zero-order valence-corrected chi connectivity index (χ0v) is 18.3. The normalized spacial score (nSPS) is 15.0. The first-order valence-corrected chi connectivity index (χ1v) is 11.8. The molecule has 1 amide bonds. The van der Waals surface area contributed by atoms with Crippen molar-refractivity contribution in [3.8, 4) is 0 Å². The molecule has 3 aromatic rings. The predicted octanol–water partition coefficient (Wildman–Crippen LogP) is 4.56. The SMILES string of the molecule is CN1CCN(c2nc3ccc(NC(=O)CCCSc4ccccc4)cc3s2)CC1. The number of aromatic nitrogens is 1. The molecule has 1 fully saturated rings. The van der Waals surface area contributed by atoms with Crippen LogP contribution in [0.4, 0.5) is 10.8 Å². The minimum absolute atomic E-state index is 0.0711. The number of thioether (sulfide) groups is 1. The Morgan fingerprint density at radius 1 is 1.14 bits per heavy atom. The highest BCUT2D eigenvalue weighted by atomic mass is 32.2. The van der Waals surface area contributed by atoms with Crippen molar-refractivity contribution in [2.45, 2.75) is 17.7 Å². The van der Waals surface area contributed by atoms with Crippen LogP contribution in [0.25, 0.3) is 10.2 Å². The monoisotopic (exact) mass is 426 g/mol. The number of piperazine rings is 1. The number of nitrogens with zero attached hydrogens (tertiary/aromatic N) is 3. The summed E-state index contributed by atoms with van der Waals surface area (Å²) in [5.74, 6) is 1.02. The second kappa shape index (κ2) is 9.61. The number of likely N-dealkylation sites (N-methyl/N-ethyl adjacent to an activating group) is 1. The number of carbonyl (C=O) groups excluding carboxylic acids is 1. The van der Waals surface area contributed by atoms with E-state index in [9.17, 15) is 4.79 Å². The van der Waals surface area contributed by atoms with Gasteiger partial charge in [0.15, 0.2) is 5.13 Å². The van der Waals surface area contributed by atoms with Crippen molar-refractivity contribution in [1.29, 1.82) is 0 Å². The molecule has 1 saturated heterocycles. The van der Waals surface area contributed by atoms with Gasteiger partial charge in [-0.25, -0.2) is 4.98 Å². The number of fused-ring (bicyclic) bond motifs is 1. The summed E-state index contributed by atoms with van der Waals surface area (Å²) in [4.78, 5) is 23.0. The Morgan fingerprint density at radius 2 is 1.93 bits per heavy atom. The lowest BCUT2D eigenvalue weighted by Crippen LogP contribution is -2.44. The summed E-state index contributed by atoms with van der Waals surface area (Å²) in [6.45, 7) is 4.17. The van der Waals surface area contributed by atoms with Gasteiger partial charge in [0.2, 0.25) is 5.91 Å². The van der Waals surface area contributed by atoms with Crippen LogP contribution in [0.15, 0.2) is 53.4 Å². The topological polar surface area (TPSA) is 48.5 Å². The first-order valence-electron chi connectivity index (χ1n) is 9.99. The summed E-state index contributed by atoms with van der Waals surface area (Å²) in [7, 11) is 2.16. The van der Waals surface area contributed by atoms with Crippen LogP contribution in [0.3, 0.4) is 0 Å². The predicted molar refractivity (Wildman–Crippen MR) is 124 cm³/mol. The fraction of sp³-hybridized carbons (Fsp3) is 0.364. The van der Waals surface area contributed by atoms with E-state index in [1.807, 2.05) is 36.4 Å². The van der Waals surface area contributed by atoms with E-state index in [1.165, 1.54) is 4.90 Å². The minimum atomic E-state index is 0.0711. The van der Waals surface area contributed by atoms with Gasteiger partial charge in [0, 0.05) is 43.2 Å². The Balaban J connectivity index is 1.29. The molecule has 152 valence electrons. The summed E-state index contributed by atoms with van der Waals surface area (Å²) in [6, 6.07) is 16.3. The summed E-state index contributed by atoms with van der Waals surface area (Å²) in [6.07, 6.45) is 1.40. The fourth-order valence-corrected chi connectivity index (χ4v) is 5.22. The molecule has 1 aromatic heterocycles. The third-order valence-corrected chi connectivity index (χ3v) is 7.17. The zero-order valence-electron chi connectivity index (χ0n) is 16.6. The molecule has 0 atom stereocenters. The zero-order chi connectivity index (χ0) is 20.1. The van der Waals surface area contributed by atoms with Crippen molar-refractivity contribution in [2.24, 2.45) is 0 Å². The van der Waals surface area contributed by atoms with Gasteiger partial charge in [-0.15, -0.1) is 11.8 Å². The summed E-state index contributed by atoms with van der Waals surface area (Å²) >= 11 is 3.50. The molecule has 0 bridgehead atoms. The number of amides is 1. The van der Waals surface area contributed by atoms with E-state index >= 15 is 0 Å². The highest BCUT2D eigenvalue weighted by Gasteiger charge is 2.17. The first-order chi connectivity index (χ1) is 14.2. The molecule has 0 unspecified atom stereocenters. The number of nitrogens with one attached hydrogen (secondary N) is 1. The molecule has 2 aromatic carbocycles. The number of hydrogen-bond acceptors (Lipinski definition) is 6.